The van der Waals surface area contributed by atoms with Gasteiger partial charge in [-0.15, -0.1) is 0 Å². The summed E-state index contributed by atoms with van der Waals surface area (Å²) in [5, 5.41) is 12.2. The molecule has 0 unspecified atom stereocenters. The highest BCUT2D eigenvalue weighted by Crippen LogP contribution is 2.25. The summed E-state index contributed by atoms with van der Waals surface area (Å²) in [6.07, 6.45) is 3.58. The second kappa shape index (κ2) is 10.4. The molecule has 0 aliphatic heterocycles. The largest absolute Gasteiger partial charge is 0.444 e. The second-order valence-corrected chi connectivity index (χ2v) is 8.64. The van der Waals surface area contributed by atoms with Crippen molar-refractivity contribution in [2.75, 3.05) is 26.7 Å². The first-order chi connectivity index (χ1) is 12.5. The summed E-state index contributed by atoms with van der Waals surface area (Å²) in [5.74, 6) is 1.06. The van der Waals surface area contributed by atoms with Gasteiger partial charge >= 0.3 is 6.09 Å². The minimum atomic E-state index is -0.529. The summed E-state index contributed by atoms with van der Waals surface area (Å²) in [6.45, 7) is 11.2. The monoisotopic (exact) mass is 383 g/mol. The van der Waals surface area contributed by atoms with E-state index in [1.807, 2.05) is 34.6 Å². The van der Waals surface area contributed by atoms with Crippen molar-refractivity contribution in [1.82, 2.24) is 21.3 Å². The van der Waals surface area contributed by atoms with Crippen LogP contribution in [-0.2, 0) is 9.53 Å². The Hall–Kier alpha value is -1.99. The van der Waals surface area contributed by atoms with E-state index in [-0.39, 0.29) is 11.8 Å². The zero-order valence-electron chi connectivity index (χ0n) is 17.7. The molecule has 0 radical (unpaired) electrons. The van der Waals surface area contributed by atoms with E-state index in [1.54, 1.807) is 7.05 Å². The van der Waals surface area contributed by atoms with Crippen LogP contribution in [0.4, 0.5) is 4.79 Å². The SMILES string of the molecule is CN=C(NCCCNC(=O)C1CCC1)NCC(C)(C)NC(=O)OC(C)(C)C. The van der Waals surface area contributed by atoms with Crippen molar-refractivity contribution in [2.45, 2.75) is 71.4 Å². The Morgan fingerprint density at radius 1 is 1.04 bits per heavy atom. The molecule has 0 aromatic heterocycles. The van der Waals surface area contributed by atoms with Crippen molar-refractivity contribution in [3.8, 4) is 0 Å². The quantitative estimate of drug-likeness (QED) is 0.290. The van der Waals surface area contributed by atoms with Crippen LogP contribution in [0.1, 0.15) is 60.3 Å². The molecule has 0 spiro atoms. The molecular weight excluding hydrogens is 346 g/mol. The number of rotatable bonds is 8. The highest BCUT2D eigenvalue weighted by atomic mass is 16.6. The smallest absolute Gasteiger partial charge is 0.408 e. The Morgan fingerprint density at radius 2 is 1.67 bits per heavy atom. The van der Waals surface area contributed by atoms with Crippen LogP contribution >= 0.6 is 0 Å². The Balaban J connectivity index is 2.22. The molecule has 8 heteroatoms. The molecule has 4 N–H and O–H groups in total. The molecule has 0 atom stereocenters. The van der Waals surface area contributed by atoms with Crippen LogP contribution in [0.15, 0.2) is 4.99 Å². The lowest BCUT2D eigenvalue weighted by Crippen LogP contribution is -2.54. The van der Waals surface area contributed by atoms with E-state index in [9.17, 15) is 9.59 Å². The lowest BCUT2D eigenvalue weighted by molar-refractivity contribution is -0.127. The minimum absolute atomic E-state index is 0.179. The predicted molar refractivity (Wildman–Crippen MR) is 108 cm³/mol. The zero-order chi connectivity index (χ0) is 20.5. The van der Waals surface area contributed by atoms with Gasteiger partial charge in [-0.1, -0.05) is 6.42 Å². The van der Waals surface area contributed by atoms with Crippen molar-refractivity contribution >= 4 is 18.0 Å². The molecule has 1 fully saturated rings. The molecule has 0 bridgehead atoms. The average molecular weight is 384 g/mol. The molecule has 0 aromatic rings. The van der Waals surface area contributed by atoms with Gasteiger partial charge < -0.3 is 26.0 Å². The molecular formula is C19H37N5O3. The molecule has 1 aliphatic carbocycles. The standard InChI is InChI=1S/C19H37N5O3/c1-18(2,3)27-17(26)24-19(4,5)13-23-16(20-6)22-12-8-11-21-15(25)14-9-7-10-14/h14H,7-13H2,1-6H3,(H,21,25)(H,24,26)(H2,20,22,23). The van der Waals surface area contributed by atoms with Crippen molar-refractivity contribution in [2.24, 2.45) is 10.9 Å². The van der Waals surface area contributed by atoms with Crippen LogP contribution in [-0.4, -0.2) is 55.8 Å². The Kier molecular flexibility index (Phi) is 8.85. The lowest BCUT2D eigenvalue weighted by Gasteiger charge is -2.29. The Labute approximate surface area is 163 Å². The summed E-state index contributed by atoms with van der Waals surface area (Å²) < 4.78 is 5.29. The highest BCUT2D eigenvalue weighted by Gasteiger charge is 2.25. The third-order valence-electron chi connectivity index (χ3n) is 4.18. The molecule has 0 heterocycles. The topological polar surface area (TPSA) is 104 Å². The van der Waals surface area contributed by atoms with E-state index in [0.717, 1.165) is 19.3 Å². The third kappa shape index (κ3) is 10.1. The van der Waals surface area contributed by atoms with Gasteiger partial charge in [0.1, 0.15) is 5.60 Å². The fourth-order valence-corrected chi connectivity index (χ4v) is 2.47. The third-order valence-corrected chi connectivity index (χ3v) is 4.18. The van der Waals surface area contributed by atoms with Crippen LogP contribution in [0.5, 0.6) is 0 Å². The van der Waals surface area contributed by atoms with Gasteiger partial charge in [0.15, 0.2) is 5.96 Å². The summed E-state index contributed by atoms with van der Waals surface area (Å²) in [5.41, 5.74) is -1.03. The molecule has 8 nitrogen and oxygen atoms in total. The number of hydrogen-bond donors (Lipinski definition) is 4. The maximum Gasteiger partial charge on any atom is 0.408 e. The van der Waals surface area contributed by atoms with Gasteiger partial charge in [0.05, 0.1) is 5.54 Å². The van der Waals surface area contributed by atoms with Crippen LogP contribution < -0.4 is 21.3 Å². The molecule has 1 aliphatic rings. The summed E-state index contributed by atoms with van der Waals surface area (Å²) >= 11 is 0. The van der Waals surface area contributed by atoms with Gasteiger partial charge in [-0.3, -0.25) is 9.79 Å². The van der Waals surface area contributed by atoms with Crippen molar-refractivity contribution in [3.05, 3.63) is 0 Å². The van der Waals surface area contributed by atoms with Gasteiger partial charge in [0, 0.05) is 32.6 Å². The number of nitrogens with zero attached hydrogens (tertiary/aromatic N) is 1. The highest BCUT2D eigenvalue weighted by molar-refractivity contribution is 5.80. The lowest BCUT2D eigenvalue weighted by atomic mass is 9.85. The fourth-order valence-electron chi connectivity index (χ4n) is 2.47. The van der Waals surface area contributed by atoms with Crippen molar-refractivity contribution in [3.63, 3.8) is 0 Å². The van der Waals surface area contributed by atoms with Gasteiger partial charge in [0.2, 0.25) is 5.91 Å². The van der Waals surface area contributed by atoms with Gasteiger partial charge in [-0.05, 0) is 53.9 Å². The van der Waals surface area contributed by atoms with E-state index >= 15 is 0 Å². The van der Waals surface area contributed by atoms with E-state index in [1.165, 1.54) is 6.42 Å². The van der Waals surface area contributed by atoms with Gasteiger partial charge in [-0.25, -0.2) is 4.79 Å². The number of nitrogens with one attached hydrogen (secondary N) is 4. The summed E-state index contributed by atoms with van der Waals surface area (Å²) in [4.78, 5) is 27.8. The molecule has 2 amide bonds. The number of aliphatic imine (C=N–C) groups is 1. The van der Waals surface area contributed by atoms with Gasteiger partial charge in [-0.2, -0.15) is 0 Å². The van der Waals surface area contributed by atoms with Crippen LogP contribution in [0.2, 0.25) is 0 Å². The van der Waals surface area contributed by atoms with Crippen LogP contribution in [0.25, 0.3) is 0 Å². The zero-order valence-corrected chi connectivity index (χ0v) is 17.7. The van der Waals surface area contributed by atoms with E-state index < -0.39 is 17.2 Å². The van der Waals surface area contributed by atoms with Crippen LogP contribution in [0, 0.1) is 5.92 Å². The normalized spacial score (nSPS) is 15.6. The molecule has 0 aromatic carbocycles. The molecule has 1 rings (SSSR count). The maximum absolute atomic E-state index is 11.9. The number of amides is 2. The van der Waals surface area contributed by atoms with Crippen molar-refractivity contribution < 1.29 is 14.3 Å². The van der Waals surface area contributed by atoms with E-state index in [2.05, 4.69) is 26.3 Å². The molecule has 27 heavy (non-hydrogen) atoms. The van der Waals surface area contributed by atoms with E-state index in [4.69, 9.17) is 4.74 Å². The number of carbonyl (C=O) groups is 2. The number of hydrogen-bond acceptors (Lipinski definition) is 4. The van der Waals surface area contributed by atoms with Crippen LogP contribution in [0.3, 0.4) is 0 Å². The first-order valence-electron chi connectivity index (χ1n) is 9.76. The summed E-state index contributed by atoms with van der Waals surface area (Å²) in [6, 6.07) is 0. The number of carbonyl (C=O) groups excluding carboxylic acids is 2. The molecule has 1 saturated carbocycles. The second-order valence-electron chi connectivity index (χ2n) is 8.64. The average Bonchev–Trinajstić information content (AvgIpc) is 2.45. The first-order valence-corrected chi connectivity index (χ1v) is 9.76. The van der Waals surface area contributed by atoms with Crippen molar-refractivity contribution in [1.29, 1.82) is 0 Å². The van der Waals surface area contributed by atoms with Gasteiger partial charge in [0.25, 0.3) is 0 Å². The summed E-state index contributed by atoms with van der Waals surface area (Å²) in [7, 11) is 1.70. The minimum Gasteiger partial charge on any atom is -0.444 e. The molecule has 156 valence electrons. The Bertz CT molecular complexity index is 522. The van der Waals surface area contributed by atoms with E-state index in [0.29, 0.717) is 25.6 Å². The maximum atomic E-state index is 11.9. The number of ether oxygens (including phenoxy) is 1. The first kappa shape index (κ1) is 23.0. The number of alkyl carbamates (subject to hydrolysis) is 1. The molecule has 0 saturated heterocycles. The fraction of sp³-hybridized carbons (Fsp3) is 0.842. The number of guanidine groups is 1. The predicted octanol–water partition coefficient (Wildman–Crippen LogP) is 1.76. The Morgan fingerprint density at radius 3 is 2.19 bits per heavy atom.